The molecule has 4 aliphatic carbocycles. The molecule has 0 aromatic heterocycles. The summed E-state index contributed by atoms with van der Waals surface area (Å²) in [5.74, 6) is 4.61. The van der Waals surface area contributed by atoms with E-state index in [9.17, 15) is 9.90 Å². The minimum atomic E-state index is -0.172. The van der Waals surface area contributed by atoms with Gasteiger partial charge in [0.05, 0.1) is 6.10 Å². The summed E-state index contributed by atoms with van der Waals surface area (Å²) in [6.45, 7) is 13.9. The Balaban J connectivity index is 1.48. The first kappa shape index (κ1) is 24.6. The molecule has 0 amide bonds. The van der Waals surface area contributed by atoms with Gasteiger partial charge in [-0.3, -0.25) is 4.79 Å². The lowest BCUT2D eigenvalue weighted by molar-refractivity contribution is -0.182. The summed E-state index contributed by atoms with van der Waals surface area (Å²) < 4.78 is 5.61. The van der Waals surface area contributed by atoms with Gasteiger partial charge in [-0.15, -0.1) is 0 Å². The molecular weight excluding hydrogens is 396 g/mol. The smallest absolute Gasteiger partial charge is 0.302 e. The number of aliphatic hydroxyl groups excluding tert-OH is 1. The number of carbonyl (C=O) groups excluding carboxylic acids is 1. The van der Waals surface area contributed by atoms with Crippen LogP contribution in [0.25, 0.3) is 0 Å². The second-order valence-electron chi connectivity index (χ2n) is 13.3. The van der Waals surface area contributed by atoms with Crippen molar-refractivity contribution in [2.24, 2.45) is 52.3 Å². The summed E-state index contributed by atoms with van der Waals surface area (Å²) in [5, 5.41) is 11.5. The van der Waals surface area contributed by atoms with Gasteiger partial charge in [-0.2, -0.15) is 0 Å². The summed E-state index contributed by atoms with van der Waals surface area (Å²) in [4.78, 5) is 11.5. The Bertz CT molecular complexity index is 673. The molecule has 0 heterocycles. The van der Waals surface area contributed by atoms with Crippen molar-refractivity contribution in [3.63, 3.8) is 0 Å². The molecule has 4 aliphatic rings. The molecule has 0 spiro atoms. The topological polar surface area (TPSA) is 46.5 Å². The third-order valence-corrected chi connectivity index (χ3v) is 11.2. The molecule has 0 radical (unpaired) electrons. The lowest BCUT2D eigenvalue weighted by Gasteiger charge is -2.62. The van der Waals surface area contributed by atoms with Gasteiger partial charge < -0.3 is 9.84 Å². The van der Waals surface area contributed by atoms with Crippen molar-refractivity contribution in [2.45, 2.75) is 124 Å². The summed E-state index contributed by atoms with van der Waals surface area (Å²) in [6.07, 6.45) is 13.3. The van der Waals surface area contributed by atoms with Gasteiger partial charge >= 0.3 is 5.97 Å². The molecule has 0 aromatic carbocycles. The fourth-order valence-corrected chi connectivity index (χ4v) is 9.55. The maximum absolute atomic E-state index is 11.5. The van der Waals surface area contributed by atoms with Crippen molar-refractivity contribution in [2.75, 3.05) is 0 Å². The molecule has 10 atom stereocenters. The fourth-order valence-electron chi connectivity index (χ4n) is 9.55. The quantitative estimate of drug-likeness (QED) is 0.446. The largest absolute Gasteiger partial charge is 0.463 e. The second-order valence-corrected chi connectivity index (χ2v) is 13.3. The summed E-state index contributed by atoms with van der Waals surface area (Å²) in [5.41, 5.74) is 0.723. The average molecular weight is 447 g/mol. The van der Waals surface area contributed by atoms with Crippen LogP contribution < -0.4 is 0 Å². The normalized spacial score (nSPS) is 46.8. The van der Waals surface area contributed by atoms with Crippen molar-refractivity contribution in [1.82, 2.24) is 0 Å². The van der Waals surface area contributed by atoms with E-state index >= 15 is 0 Å². The third kappa shape index (κ3) is 4.29. The highest BCUT2D eigenvalue weighted by molar-refractivity contribution is 5.66. The molecule has 0 saturated heterocycles. The maximum atomic E-state index is 11.5. The van der Waals surface area contributed by atoms with Crippen molar-refractivity contribution in [3.8, 4) is 0 Å². The molecule has 32 heavy (non-hydrogen) atoms. The number of hydrogen-bond donors (Lipinski definition) is 1. The molecule has 4 saturated carbocycles. The zero-order valence-electron chi connectivity index (χ0n) is 21.7. The van der Waals surface area contributed by atoms with Crippen LogP contribution in [0.3, 0.4) is 0 Å². The molecule has 184 valence electrons. The van der Waals surface area contributed by atoms with Gasteiger partial charge in [0.2, 0.25) is 0 Å². The summed E-state index contributed by atoms with van der Waals surface area (Å²) in [7, 11) is 0. The third-order valence-electron chi connectivity index (χ3n) is 11.2. The van der Waals surface area contributed by atoms with Crippen molar-refractivity contribution in [3.05, 3.63) is 0 Å². The van der Waals surface area contributed by atoms with Crippen LogP contribution in [0.5, 0.6) is 0 Å². The maximum Gasteiger partial charge on any atom is 0.302 e. The molecule has 3 nitrogen and oxygen atoms in total. The first-order valence-corrected chi connectivity index (χ1v) is 13.9. The number of carbonyl (C=O) groups is 1. The monoisotopic (exact) mass is 446 g/mol. The van der Waals surface area contributed by atoms with E-state index in [0.29, 0.717) is 34.5 Å². The van der Waals surface area contributed by atoms with E-state index in [1.807, 2.05) is 0 Å². The summed E-state index contributed by atoms with van der Waals surface area (Å²) >= 11 is 0. The number of esters is 1. The van der Waals surface area contributed by atoms with Crippen molar-refractivity contribution in [1.29, 1.82) is 0 Å². The molecular formula is C29H50O3. The van der Waals surface area contributed by atoms with Crippen LogP contribution in [-0.2, 0) is 9.53 Å². The highest BCUT2D eigenvalue weighted by atomic mass is 16.5. The molecule has 3 heteroatoms. The van der Waals surface area contributed by atoms with Crippen LogP contribution in [-0.4, -0.2) is 23.3 Å². The van der Waals surface area contributed by atoms with Gasteiger partial charge in [0.1, 0.15) is 6.10 Å². The Morgan fingerprint density at radius 1 is 0.969 bits per heavy atom. The lowest BCUT2D eigenvalue weighted by atomic mass is 9.43. The van der Waals surface area contributed by atoms with Crippen LogP contribution in [0.15, 0.2) is 0 Å². The summed E-state index contributed by atoms with van der Waals surface area (Å²) in [6, 6.07) is 0. The van der Waals surface area contributed by atoms with E-state index in [4.69, 9.17) is 4.74 Å². The zero-order chi connectivity index (χ0) is 23.3. The van der Waals surface area contributed by atoms with E-state index in [1.165, 1.54) is 51.9 Å². The van der Waals surface area contributed by atoms with Gasteiger partial charge in [-0.05, 0) is 104 Å². The molecule has 4 rings (SSSR count). The van der Waals surface area contributed by atoms with E-state index in [2.05, 4.69) is 34.6 Å². The van der Waals surface area contributed by atoms with Crippen LogP contribution >= 0.6 is 0 Å². The highest BCUT2D eigenvalue weighted by Crippen LogP contribution is 2.68. The predicted octanol–water partition coefficient (Wildman–Crippen LogP) is 7.01. The number of aliphatic hydroxyl groups is 1. The first-order valence-electron chi connectivity index (χ1n) is 13.9. The Labute approximate surface area is 197 Å². The lowest BCUT2D eigenvalue weighted by Crippen LogP contribution is -2.58. The fraction of sp³-hybridized carbons (Fsp3) is 0.966. The van der Waals surface area contributed by atoms with Crippen LogP contribution in [0.4, 0.5) is 0 Å². The average Bonchev–Trinajstić information content (AvgIpc) is 3.05. The minimum Gasteiger partial charge on any atom is -0.463 e. The molecule has 0 bridgehead atoms. The van der Waals surface area contributed by atoms with E-state index in [0.717, 1.165) is 43.4 Å². The van der Waals surface area contributed by atoms with Gasteiger partial charge in [0.15, 0.2) is 0 Å². The van der Waals surface area contributed by atoms with E-state index in [1.54, 1.807) is 0 Å². The van der Waals surface area contributed by atoms with Crippen LogP contribution in [0, 0.1) is 52.3 Å². The first-order chi connectivity index (χ1) is 15.1. The second kappa shape index (κ2) is 9.23. The zero-order valence-corrected chi connectivity index (χ0v) is 21.7. The molecule has 3 unspecified atom stereocenters. The molecule has 0 aliphatic heterocycles. The Kier molecular flexibility index (Phi) is 7.08. The standard InChI is InChI=1S/C29H50O3/c1-18(2)8-7-9-19(3)23-10-11-24-27-25(13-15-29(23,24)6)28(5)14-12-22(32-20(4)30)16-21(28)17-26(27)31/h18-19,21-27,31H,7-17H2,1-6H3/t19-,21?,22?,23-,24+,25+,26?,27+,28+,29-/m1/s1. The van der Waals surface area contributed by atoms with Gasteiger partial charge in [0, 0.05) is 6.92 Å². The molecule has 1 N–H and O–H groups in total. The van der Waals surface area contributed by atoms with Gasteiger partial charge in [-0.1, -0.05) is 53.9 Å². The van der Waals surface area contributed by atoms with E-state index < -0.39 is 0 Å². The van der Waals surface area contributed by atoms with Gasteiger partial charge in [0.25, 0.3) is 0 Å². The Hall–Kier alpha value is -0.570. The molecule has 4 fully saturated rings. The predicted molar refractivity (Wildman–Crippen MR) is 130 cm³/mol. The Morgan fingerprint density at radius 2 is 1.66 bits per heavy atom. The minimum absolute atomic E-state index is 0.0609. The Morgan fingerprint density at radius 3 is 2.34 bits per heavy atom. The highest BCUT2D eigenvalue weighted by Gasteiger charge is 2.63. The van der Waals surface area contributed by atoms with Crippen molar-refractivity contribution >= 4 is 5.97 Å². The molecule has 0 aromatic rings. The number of ether oxygens (including phenoxy) is 1. The van der Waals surface area contributed by atoms with E-state index in [-0.39, 0.29) is 18.2 Å². The number of fused-ring (bicyclic) bond motifs is 5. The van der Waals surface area contributed by atoms with Crippen molar-refractivity contribution < 1.29 is 14.6 Å². The van der Waals surface area contributed by atoms with Crippen LogP contribution in [0.2, 0.25) is 0 Å². The van der Waals surface area contributed by atoms with Gasteiger partial charge in [-0.25, -0.2) is 0 Å². The van der Waals surface area contributed by atoms with Crippen LogP contribution in [0.1, 0.15) is 112 Å². The number of hydrogen-bond acceptors (Lipinski definition) is 3. The SMILES string of the molecule is CC(=O)OC1CC[C@@]2(C)C(C1)CC(O)[C@H]1[C@@H]3CC[C@H]([C@H](C)CCCC(C)C)[C@@]3(C)CC[C@@H]12. The number of rotatable bonds is 6.